The van der Waals surface area contributed by atoms with Gasteiger partial charge in [-0.05, 0) is 18.1 Å². The van der Waals surface area contributed by atoms with E-state index in [-0.39, 0.29) is 6.54 Å². The van der Waals surface area contributed by atoms with Crippen LogP contribution < -0.4 is 5.73 Å². The summed E-state index contributed by atoms with van der Waals surface area (Å²) < 4.78 is 0. The Morgan fingerprint density at radius 2 is 1.94 bits per heavy atom. The maximum atomic E-state index is 9.63. The summed E-state index contributed by atoms with van der Waals surface area (Å²) in [5.41, 5.74) is 8.50. The maximum absolute atomic E-state index is 9.63. The normalized spacial score (nSPS) is 12.4. The first-order valence-electron chi connectivity index (χ1n) is 6.05. The zero-order chi connectivity index (χ0) is 13.0. The molecule has 1 aromatic carbocycles. The van der Waals surface area contributed by atoms with E-state index in [4.69, 9.17) is 5.73 Å². The van der Waals surface area contributed by atoms with Gasteiger partial charge in [-0.1, -0.05) is 31.2 Å². The largest absolute Gasteiger partial charge is 0.384 e. The van der Waals surface area contributed by atoms with E-state index in [1.807, 2.05) is 18.2 Å². The van der Waals surface area contributed by atoms with E-state index in [0.717, 1.165) is 17.7 Å². The Balaban J connectivity index is 2.32. The van der Waals surface area contributed by atoms with Crippen molar-refractivity contribution in [2.75, 3.05) is 6.54 Å². The lowest BCUT2D eigenvalue weighted by Crippen LogP contribution is -2.14. The van der Waals surface area contributed by atoms with E-state index in [1.54, 1.807) is 6.20 Å². The van der Waals surface area contributed by atoms with Gasteiger partial charge in [-0.3, -0.25) is 0 Å². The molecular weight excluding hydrogens is 226 g/mol. The Morgan fingerprint density at radius 3 is 2.56 bits per heavy atom. The van der Waals surface area contributed by atoms with Gasteiger partial charge >= 0.3 is 0 Å². The molecule has 94 valence electrons. The Kier molecular flexibility index (Phi) is 4.02. The third-order valence-electron chi connectivity index (χ3n) is 2.85. The van der Waals surface area contributed by atoms with Gasteiger partial charge in [-0.15, -0.1) is 0 Å². The number of nitrogens with zero attached hydrogens (tertiary/aromatic N) is 2. The number of aliphatic hydroxyl groups is 1. The minimum absolute atomic E-state index is 0.123. The number of rotatable bonds is 4. The van der Waals surface area contributed by atoms with Gasteiger partial charge in [-0.25, -0.2) is 9.97 Å². The van der Waals surface area contributed by atoms with Gasteiger partial charge in [0.2, 0.25) is 0 Å². The van der Waals surface area contributed by atoms with Crippen molar-refractivity contribution in [2.45, 2.75) is 19.4 Å². The first-order chi connectivity index (χ1) is 8.74. The summed E-state index contributed by atoms with van der Waals surface area (Å²) in [4.78, 5) is 8.36. The number of hydrogen-bond donors (Lipinski definition) is 2. The molecule has 0 saturated carbocycles. The van der Waals surface area contributed by atoms with Gasteiger partial charge in [0.25, 0.3) is 0 Å². The number of aryl methyl sites for hydroxylation is 1. The number of benzene rings is 1. The monoisotopic (exact) mass is 243 g/mol. The Labute approximate surface area is 107 Å². The summed E-state index contributed by atoms with van der Waals surface area (Å²) in [7, 11) is 0. The lowest BCUT2D eigenvalue weighted by atomic mass is 10.1. The van der Waals surface area contributed by atoms with Crippen LogP contribution in [0.5, 0.6) is 0 Å². The van der Waals surface area contributed by atoms with Crippen LogP contribution in [0.2, 0.25) is 0 Å². The Morgan fingerprint density at radius 1 is 1.22 bits per heavy atom. The fourth-order valence-electron chi connectivity index (χ4n) is 1.71. The molecule has 0 spiro atoms. The predicted octanol–water partition coefficient (Wildman–Crippen LogP) is 1.70. The summed E-state index contributed by atoms with van der Waals surface area (Å²) in [6, 6.07) is 10.0. The molecule has 0 amide bonds. The molecule has 2 rings (SSSR count). The van der Waals surface area contributed by atoms with E-state index in [9.17, 15) is 5.11 Å². The van der Waals surface area contributed by atoms with Gasteiger partial charge in [0.15, 0.2) is 5.82 Å². The van der Waals surface area contributed by atoms with Crippen LogP contribution in [0.25, 0.3) is 11.3 Å². The van der Waals surface area contributed by atoms with Crippen molar-refractivity contribution in [1.82, 2.24) is 9.97 Å². The Hall–Kier alpha value is -1.78. The SMILES string of the molecule is CCc1ccc(-c2ccnc(C(O)CN)n2)cc1. The van der Waals surface area contributed by atoms with Crippen LogP contribution in [-0.2, 0) is 6.42 Å². The molecule has 1 heterocycles. The van der Waals surface area contributed by atoms with E-state index in [0.29, 0.717) is 5.82 Å². The molecular formula is C14H17N3O. The topological polar surface area (TPSA) is 72.0 Å². The molecule has 18 heavy (non-hydrogen) atoms. The summed E-state index contributed by atoms with van der Waals surface area (Å²) in [5.74, 6) is 0.370. The highest BCUT2D eigenvalue weighted by Gasteiger charge is 2.09. The second-order valence-corrected chi connectivity index (χ2v) is 4.10. The molecule has 0 saturated heterocycles. The van der Waals surface area contributed by atoms with Crippen molar-refractivity contribution in [1.29, 1.82) is 0 Å². The van der Waals surface area contributed by atoms with E-state index < -0.39 is 6.10 Å². The lowest BCUT2D eigenvalue weighted by molar-refractivity contribution is 0.176. The van der Waals surface area contributed by atoms with Gasteiger partial charge in [-0.2, -0.15) is 0 Å². The molecule has 0 aliphatic rings. The average molecular weight is 243 g/mol. The van der Waals surface area contributed by atoms with Crippen LogP contribution in [-0.4, -0.2) is 21.6 Å². The molecule has 3 N–H and O–H groups in total. The van der Waals surface area contributed by atoms with Crippen molar-refractivity contribution in [3.05, 3.63) is 47.9 Å². The highest BCUT2D eigenvalue weighted by molar-refractivity contribution is 5.59. The zero-order valence-electron chi connectivity index (χ0n) is 10.4. The van der Waals surface area contributed by atoms with Crippen LogP contribution >= 0.6 is 0 Å². The molecule has 0 fully saturated rings. The third-order valence-corrected chi connectivity index (χ3v) is 2.85. The van der Waals surface area contributed by atoms with Crippen LogP contribution in [0.4, 0.5) is 0 Å². The van der Waals surface area contributed by atoms with Gasteiger partial charge in [0.1, 0.15) is 6.10 Å². The van der Waals surface area contributed by atoms with Crippen molar-refractivity contribution in [3.8, 4) is 11.3 Å². The molecule has 1 unspecified atom stereocenters. The van der Waals surface area contributed by atoms with Gasteiger partial charge in [0, 0.05) is 18.3 Å². The summed E-state index contributed by atoms with van der Waals surface area (Å²) in [6.07, 6.45) is 1.85. The lowest BCUT2D eigenvalue weighted by Gasteiger charge is -2.08. The second-order valence-electron chi connectivity index (χ2n) is 4.10. The number of aromatic nitrogens is 2. The highest BCUT2D eigenvalue weighted by Crippen LogP contribution is 2.18. The zero-order valence-corrected chi connectivity index (χ0v) is 10.4. The van der Waals surface area contributed by atoms with Crippen LogP contribution in [0.3, 0.4) is 0 Å². The van der Waals surface area contributed by atoms with Crippen LogP contribution in [0.15, 0.2) is 36.5 Å². The molecule has 2 aromatic rings. The Bertz CT molecular complexity index is 511. The number of nitrogens with two attached hydrogens (primary N) is 1. The maximum Gasteiger partial charge on any atom is 0.158 e. The predicted molar refractivity (Wildman–Crippen MR) is 70.9 cm³/mol. The first-order valence-corrected chi connectivity index (χ1v) is 6.05. The third kappa shape index (κ3) is 2.72. The summed E-state index contributed by atoms with van der Waals surface area (Å²) in [5, 5.41) is 9.63. The smallest absolute Gasteiger partial charge is 0.158 e. The second kappa shape index (κ2) is 5.71. The van der Waals surface area contributed by atoms with Crippen molar-refractivity contribution in [2.24, 2.45) is 5.73 Å². The molecule has 0 aliphatic carbocycles. The fraction of sp³-hybridized carbons (Fsp3) is 0.286. The minimum Gasteiger partial charge on any atom is -0.384 e. The van der Waals surface area contributed by atoms with Gasteiger partial charge < -0.3 is 10.8 Å². The number of hydrogen-bond acceptors (Lipinski definition) is 4. The molecule has 1 atom stereocenters. The molecule has 0 bridgehead atoms. The van der Waals surface area contributed by atoms with Crippen LogP contribution in [0.1, 0.15) is 24.4 Å². The highest BCUT2D eigenvalue weighted by atomic mass is 16.3. The summed E-state index contributed by atoms with van der Waals surface area (Å²) in [6.45, 7) is 2.24. The van der Waals surface area contributed by atoms with Gasteiger partial charge in [0.05, 0.1) is 5.69 Å². The van der Waals surface area contributed by atoms with Crippen molar-refractivity contribution in [3.63, 3.8) is 0 Å². The standard InChI is InChI=1S/C14H17N3O/c1-2-10-3-5-11(6-4-10)12-7-8-16-14(17-12)13(18)9-15/h3-8,13,18H,2,9,15H2,1H3. The fourth-order valence-corrected chi connectivity index (χ4v) is 1.71. The van der Waals surface area contributed by atoms with Crippen LogP contribution in [0, 0.1) is 0 Å². The molecule has 0 radical (unpaired) electrons. The number of aliphatic hydroxyl groups excluding tert-OH is 1. The minimum atomic E-state index is -0.806. The molecule has 4 heteroatoms. The van der Waals surface area contributed by atoms with E-state index >= 15 is 0 Å². The molecule has 4 nitrogen and oxygen atoms in total. The quantitative estimate of drug-likeness (QED) is 0.857. The first kappa shape index (κ1) is 12.7. The van der Waals surface area contributed by atoms with E-state index in [2.05, 4.69) is 29.0 Å². The van der Waals surface area contributed by atoms with E-state index in [1.165, 1.54) is 5.56 Å². The summed E-state index contributed by atoms with van der Waals surface area (Å²) >= 11 is 0. The molecule has 0 aliphatic heterocycles. The van der Waals surface area contributed by atoms with Crippen molar-refractivity contribution >= 4 is 0 Å². The van der Waals surface area contributed by atoms with Crippen molar-refractivity contribution < 1.29 is 5.11 Å². The average Bonchev–Trinajstić information content (AvgIpc) is 2.46. The molecule has 1 aromatic heterocycles.